The summed E-state index contributed by atoms with van der Waals surface area (Å²) in [4.78, 5) is 4.97. The molecule has 2 nitrogen and oxygen atoms in total. The van der Waals surface area contributed by atoms with Crippen LogP contribution in [0.5, 0.6) is 0 Å². The maximum absolute atomic E-state index is 2.50. The molecule has 46 heavy (non-hydrogen) atoms. The molecule has 0 spiro atoms. The molecule has 3 atom stereocenters. The second kappa shape index (κ2) is 13.2. The van der Waals surface area contributed by atoms with Crippen LogP contribution in [0.1, 0.15) is 70.6 Å². The van der Waals surface area contributed by atoms with Crippen LogP contribution < -0.4 is 9.80 Å². The van der Waals surface area contributed by atoms with Crippen LogP contribution in [0.25, 0.3) is 11.1 Å². The fourth-order valence-corrected chi connectivity index (χ4v) is 7.60. The zero-order chi connectivity index (χ0) is 32.5. The smallest absolute Gasteiger partial charge is 0.0461 e. The molecule has 0 N–H and O–H groups in total. The fraction of sp³-hybridized carbons (Fsp3) is 0.318. The van der Waals surface area contributed by atoms with Gasteiger partial charge in [-0.3, -0.25) is 0 Å². The first-order chi connectivity index (χ1) is 22.0. The summed E-state index contributed by atoms with van der Waals surface area (Å²) in [6, 6.07) is 22.9. The summed E-state index contributed by atoms with van der Waals surface area (Å²) in [7, 11) is 0. The zero-order valence-corrected chi connectivity index (χ0v) is 29.1. The molecule has 0 fully saturated rings. The van der Waals surface area contributed by atoms with Crippen molar-refractivity contribution in [2.45, 2.75) is 74.7 Å². The maximum Gasteiger partial charge on any atom is 0.0461 e. The van der Waals surface area contributed by atoms with Gasteiger partial charge in [-0.2, -0.15) is 0 Å². The molecule has 3 aromatic rings. The quantitative estimate of drug-likeness (QED) is 0.264. The number of rotatable bonds is 7. The number of benzene rings is 3. The van der Waals surface area contributed by atoms with E-state index in [1.54, 1.807) is 0 Å². The van der Waals surface area contributed by atoms with Crippen molar-refractivity contribution >= 4 is 17.1 Å². The highest BCUT2D eigenvalue weighted by Gasteiger charge is 2.24. The summed E-state index contributed by atoms with van der Waals surface area (Å²) >= 11 is 0. The molecular weight excluding hydrogens is 556 g/mol. The molecule has 3 aromatic carbocycles. The van der Waals surface area contributed by atoms with E-state index in [1.165, 1.54) is 73.1 Å². The van der Waals surface area contributed by atoms with Gasteiger partial charge in [-0.15, -0.1) is 0 Å². The van der Waals surface area contributed by atoms with Crippen molar-refractivity contribution in [1.82, 2.24) is 0 Å². The minimum atomic E-state index is 0.518. The van der Waals surface area contributed by atoms with Gasteiger partial charge in [-0.25, -0.2) is 0 Å². The van der Waals surface area contributed by atoms with Gasteiger partial charge in [0.1, 0.15) is 0 Å². The van der Waals surface area contributed by atoms with Gasteiger partial charge in [-0.05, 0) is 154 Å². The fourth-order valence-electron chi connectivity index (χ4n) is 7.60. The van der Waals surface area contributed by atoms with Crippen molar-refractivity contribution < 1.29 is 0 Å². The van der Waals surface area contributed by atoms with E-state index in [0.717, 1.165) is 19.3 Å². The first-order valence-corrected chi connectivity index (χ1v) is 17.1. The highest BCUT2D eigenvalue weighted by Crippen LogP contribution is 2.40. The predicted octanol–water partition coefficient (Wildman–Crippen LogP) is 12.4. The SMILES string of the molecule is CC1=CC(C)CC(N(C2=CC(C)CC=C2)c2ccc(-c3ccc(N(C4=CC(C)=CC(C)C4)c4cccc(C)c4)cc3C)c(C)c2)=C1. The van der Waals surface area contributed by atoms with Crippen LogP contribution in [0.15, 0.2) is 131 Å². The van der Waals surface area contributed by atoms with E-state index in [9.17, 15) is 0 Å². The second-order valence-electron chi connectivity index (χ2n) is 14.2. The molecule has 0 amide bonds. The molecule has 0 saturated heterocycles. The summed E-state index contributed by atoms with van der Waals surface area (Å²) in [6.45, 7) is 18.1. The number of hydrogen-bond acceptors (Lipinski definition) is 2. The molecule has 3 unspecified atom stereocenters. The van der Waals surface area contributed by atoms with Gasteiger partial charge in [0.15, 0.2) is 0 Å². The van der Waals surface area contributed by atoms with Crippen molar-refractivity contribution in [3.63, 3.8) is 0 Å². The van der Waals surface area contributed by atoms with Crippen molar-refractivity contribution in [3.8, 4) is 11.1 Å². The average Bonchev–Trinajstić information content (AvgIpc) is 2.97. The summed E-state index contributed by atoms with van der Waals surface area (Å²) in [5.74, 6) is 1.58. The highest BCUT2D eigenvalue weighted by atomic mass is 15.2. The largest absolute Gasteiger partial charge is 0.315 e. The number of allylic oxidation sites excluding steroid dienone is 11. The van der Waals surface area contributed by atoms with Crippen molar-refractivity contribution in [3.05, 3.63) is 148 Å². The van der Waals surface area contributed by atoms with E-state index in [1.807, 2.05) is 0 Å². The third kappa shape index (κ3) is 6.77. The van der Waals surface area contributed by atoms with Gasteiger partial charge in [0, 0.05) is 34.2 Å². The lowest BCUT2D eigenvalue weighted by atomic mass is 9.92. The lowest BCUT2D eigenvalue weighted by molar-refractivity contribution is 0.678. The minimum absolute atomic E-state index is 0.518. The molecule has 0 radical (unpaired) electrons. The Morgan fingerprint density at radius 1 is 0.565 bits per heavy atom. The number of hydrogen-bond donors (Lipinski definition) is 0. The van der Waals surface area contributed by atoms with E-state index in [4.69, 9.17) is 0 Å². The number of aryl methyl sites for hydroxylation is 3. The van der Waals surface area contributed by atoms with Gasteiger partial charge < -0.3 is 9.80 Å². The Bertz CT molecular complexity index is 1820. The lowest BCUT2D eigenvalue weighted by Gasteiger charge is -2.34. The topological polar surface area (TPSA) is 6.48 Å². The predicted molar refractivity (Wildman–Crippen MR) is 199 cm³/mol. The summed E-state index contributed by atoms with van der Waals surface area (Å²) in [6.07, 6.45) is 19.7. The molecule has 2 heteroatoms. The van der Waals surface area contributed by atoms with E-state index in [-0.39, 0.29) is 0 Å². The van der Waals surface area contributed by atoms with E-state index < -0.39 is 0 Å². The number of anilines is 3. The molecule has 236 valence electrons. The van der Waals surface area contributed by atoms with Crippen LogP contribution in [-0.4, -0.2) is 0 Å². The van der Waals surface area contributed by atoms with E-state index >= 15 is 0 Å². The van der Waals surface area contributed by atoms with Crippen LogP contribution in [0.3, 0.4) is 0 Å². The molecule has 0 aromatic heterocycles. The Morgan fingerprint density at radius 3 is 1.63 bits per heavy atom. The Hall–Kier alpha value is -4.30. The molecule has 3 aliphatic rings. The summed E-state index contributed by atoms with van der Waals surface area (Å²) in [5.41, 5.74) is 16.8. The summed E-state index contributed by atoms with van der Waals surface area (Å²) < 4.78 is 0. The third-order valence-electron chi connectivity index (χ3n) is 9.52. The van der Waals surface area contributed by atoms with E-state index in [0.29, 0.717) is 17.8 Å². The second-order valence-corrected chi connectivity index (χ2v) is 14.2. The van der Waals surface area contributed by atoms with Gasteiger partial charge in [0.05, 0.1) is 0 Å². The van der Waals surface area contributed by atoms with Crippen LogP contribution in [0.2, 0.25) is 0 Å². The van der Waals surface area contributed by atoms with Gasteiger partial charge in [0.2, 0.25) is 0 Å². The van der Waals surface area contributed by atoms with Gasteiger partial charge in [0.25, 0.3) is 0 Å². The zero-order valence-electron chi connectivity index (χ0n) is 29.1. The molecule has 6 rings (SSSR count). The molecule has 0 bridgehead atoms. The molecular formula is C44H50N2. The molecule has 0 heterocycles. The lowest BCUT2D eigenvalue weighted by Crippen LogP contribution is -2.25. The van der Waals surface area contributed by atoms with Crippen molar-refractivity contribution in [2.75, 3.05) is 9.80 Å². The molecule has 3 aliphatic carbocycles. The monoisotopic (exact) mass is 606 g/mol. The molecule has 0 saturated carbocycles. The van der Waals surface area contributed by atoms with Crippen molar-refractivity contribution in [1.29, 1.82) is 0 Å². The standard InChI is InChI=1S/C44H50N2/c1-29-11-9-13-37(21-29)45(41-23-31(3)19-32(4)24-41)39-15-17-43(35(7)27-39)44-18-16-40(28-36(44)8)46(38-14-10-12-30(2)22-38)42-25-33(5)20-34(6)26-42/h9-11,13-23,25,27-28,30,32,34H,12,24,26H2,1-8H3. The minimum Gasteiger partial charge on any atom is -0.315 e. The van der Waals surface area contributed by atoms with Crippen LogP contribution in [0.4, 0.5) is 17.1 Å². The van der Waals surface area contributed by atoms with E-state index in [2.05, 4.69) is 168 Å². The van der Waals surface area contributed by atoms with Crippen LogP contribution in [0, 0.1) is 38.5 Å². The Morgan fingerprint density at radius 2 is 1.11 bits per heavy atom. The van der Waals surface area contributed by atoms with Crippen LogP contribution in [-0.2, 0) is 0 Å². The average molecular weight is 607 g/mol. The number of nitrogens with zero attached hydrogens (tertiary/aromatic N) is 2. The first-order valence-electron chi connectivity index (χ1n) is 17.1. The van der Waals surface area contributed by atoms with Crippen LogP contribution >= 0.6 is 0 Å². The Labute approximate surface area is 277 Å². The third-order valence-corrected chi connectivity index (χ3v) is 9.52. The maximum atomic E-state index is 2.50. The van der Waals surface area contributed by atoms with Crippen molar-refractivity contribution in [2.24, 2.45) is 17.8 Å². The molecule has 0 aliphatic heterocycles. The normalized spacial score (nSPS) is 21.1. The summed E-state index contributed by atoms with van der Waals surface area (Å²) in [5, 5.41) is 0. The Balaban J connectivity index is 1.38. The Kier molecular flexibility index (Phi) is 9.09. The highest BCUT2D eigenvalue weighted by molar-refractivity contribution is 5.79. The first kappa shape index (κ1) is 31.7. The van der Waals surface area contributed by atoms with Gasteiger partial charge in [-0.1, -0.05) is 80.5 Å². The van der Waals surface area contributed by atoms with Gasteiger partial charge >= 0.3 is 0 Å².